The van der Waals surface area contributed by atoms with Gasteiger partial charge in [0.2, 0.25) is 0 Å². The molecule has 0 atom stereocenters. The van der Waals surface area contributed by atoms with Crippen LogP contribution in [0.2, 0.25) is 0 Å². The average molecular weight is 377 g/mol. The zero-order valence-electron chi connectivity index (χ0n) is 15.1. The molecule has 0 saturated carbocycles. The third-order valence-electron chi connectivity index (χ3n) is 4.79. The molecule has 0 spiro atoms. The normalized spacial score (nSPS) is 18.7. The first kappa shape index (κ1) is 18.9. The maximum Gasteiger partial charge on any atom is 0.494 e. The van der Waals surface area contributed by atoms with E-state index in [1.165, 1.54) is 30.3 Å². The Hall–Kier alpha value is -1.90. The zero-order valence-corrected chi connectivity index (χ0v) is 15.9. The quantitative estimate of drug-likeness (QED) is 0.833. The van der Waals surface area contributed by atoms with Crippen LogP contribution in [-0.4, -0.2) is 26.7 Å². The summed E-state index contributed by atoms with van der Waals surface area (Å²) in [5, 5.41) is 0. The number of benzene rings is 2. The van der Waals surface area contributed by atoms with Gasteiger partial charge in [0.1, 0.15) is 5.82 Å². The predicted molar refractivity (Wildman–Crippen MR) is 99.4 cm³/mol. The van der Waals surface area contributed by atoms with Gasteiger partial charge in [-0.15, -0.1) is 0 Å². The van der Waals surface area contributed by atoms with Crippen LogP contribution < -0.4 is 10.2 Å². The van der Waals surface area contributed by atoms with E-state index in [4.69, 9.17) is 9.31 Å². The Morgan fingerprint density at radius 2 is 1.54 bits per heavy atom. The Labute approximate surface area is 153 Å². The molecule has 0 aliphatic carbocycles. The van der Waals surface area contributed by atoms with E-state index >= 15 is 0 Å². The number of sulfonamides is 1. The van der Waals surface area contributed by atoms with Crippen LogP contribution in [0.3, 0.4) is 0 Å². The summed E-state index contributed by atoms with van der Waals surface area (Å²) in [6, 6.07) is 11.6. The number of halogens is 1. The standard InChI is InChI=1S/C18H21BFNO4S/c1-17(2)18(3,4)25-19(24-17)13-8-10-16(11-9-13)26(22,23)21-15-7-5-6-14(20)12-15/h5-12,21H,1-4H3. The van der Waals surface area contributed by atoms with Crippen molar-refractivity contribution in [3.05, 3.63) is 54.3 Å². The zero-order chi connectivity index (χ0) is 19.2. The van der Waals surface area contributed by atoms with Crippen molar-refractivity contribution >= 4 is 28.3 Å². The third-order valence-corrected chi connectivity index (χ3v) is 6.19. The van der Waals surface area contributed by atoms with E-state index in [1.54, 1.807) is 12.1 Å². The molecular formula is C18H21BFNO4S. The first-order valence-corrected chi connectivity index (χ1v) is 9.72. The molecule has 0 bridgehead atoms. The van der Waals surface area contributed by atoms with Gasteiger partial charge < -0.3 is 9.31 Å². The SMILES string of the molecule is CC1(C)OB(c2ccc(S(=O)(=O)Nc3cccc(F)c3)cc2)OC1(C)C. The Morgan fingerprint density at radius 3 is 2.08 bits per heavy atom. The van der Waals surface area contributed by atoms with Gasteiger partial charge in [-0.2, -0.15) is 0 Å². The molecular weight excluding hydrogens is 356 g/mol. The van der Waals surface area contributed by atoms with Crippen molar-refractivity contribution in [2.24, 2.45) is 0 Å². The van der Waals surface area contributed by atoms with E-state index in [-0.39, 0.29) is 10.6 Å². The molecule has 0 amide bonds. The summed E-state index contributed by atoms with van der Waals surface area (Å²) in [7, 11) is -4.38. The van der Waals surface area contributed by atoms with Gasteiger partial charge in [0.15, 0.2) is 0 Å². The molecule has 0 radical (unpaired) electrons. The minimum absolute atomic E-state index is 0.0713. The fourth-order valence-electron chi connectivity index (χ4n) is 2.55. The highest BCUT2D eigenvalue weighted by molar-refractivity contribution is 7.92. The van der Waals surface area contributed by atoms with Crippen molar-refractivity contribution in [1.29, 1.82) is 0 Å². The lowest BCUT2D eigenvalue weighted by atomic mass is 9.79. The molecule has 1 saturated heterocycles. The van der Waals surface area contributed by atoms with Crippen molar-refractivity contribution in [3.63, 3.8) is 0 Å². The van der Waals surface area contributed by atoms with Crippen LogP contribution in [0.25, 0.3) is 0 Å². The number of rotatable bonds is 4. The third kappa shape index (κ3) is 3.63. The van der Waals surface area contributed by atoms with Gasteiger partial charge in [0, 0.05) is 0 Å². The first-order chi connectivity index (χ1) is 12.0. The second kappa shape index (κ2) is 6.37. The Bertz CT molecular complexity index is 897. The number of nitrogens with one attached hydrogen (secondary N) is 1. The van der Waals surface area contributed by atoms with Gasteiger partial charge in [-0.05, 0) is 63.5 Å². The van der Waals surface area contributed by atoms with E-state index < -0.39 is 34.2 Å². The predicted octanol–water partition coefficient (Wildman–Crippen LogP) is 2.93. The molecule has 26 heavy (non-hydrogen) atoms. The van der Waals surface area contributed by atoms with E-state index in [2.05, 4.69) is 4.72 Å². The summed E-state index contributed by atoms with van der Waals surface area (Å²) >= 11 is 0. The summed E-state index contributed by atoms with van der Waals surface area (Å²) in [6.45, 7) is 7.81. The molecule has 0 aromatic heterocycles. The highest BCUT2D eigenvalue weighted by atomic mass is 32.2. The fourth-order valence-corrected chi connectivity index (χ4v) is 3.60. The van der Waals surface area contributed by atoms with Gasteiger partial charge in [-0.25, -0.2) is 12.8 Å². The smallest absolute Gasteiger partial charge is 0.399 e. The van der Waals surface area contributed by atoms with Crippen LogP contribution in [0.15, 0.2) is 53.4 Å². The Kier molecular flexibility index (Phi) is 4.63. The Morgan fingerprint density at radius 1 is 0.962 bits per heavy atom. The van der Waals surface area contributed by atoms with Gasteiger partial charge >= 0.3 is 7.12 Å². The maximum absolute atomic E-state index is 13.2. The van der Waals surface area contributed by atoms with Crippen LogP contribution >= 0.6 is 0 Å². The van der Waals surface area contributed by atoms with Crippen LogP contribution in [0.1, 0.15) is 27.7 Å². The molecule has 8 heteroatoms. The van der Waals surface area contributed by atoms with E-state index in [0.717, 1.165) is 11.5 Å². The summed E-state index contributed by atoms with van der Waals surface area (Å²) in [6.07, 6.45) is 0. The lowest BCUT2D eigenvalue weighted by Crippen LogP contribution is -2.41. The van der Waals surface area contributed by atoms with Gasteiger partial charge in [-0.1, -0.05) is 18.2 Å². The van der Waals surface area contributed by atoms with E-state index in [1.807, 2.05) is 27.7 Å². The molecule has 5 nitrogen and oxygen atoms in total. The molecule has 1 heterocycles. The minimum atomic E-state index is -3.81. The van der Waals surface area contributed by atoms with Crippen molar-refractivity contribution in [1.82, 2.24) is 0 Å². The van der Waals surface area contributed by atoms with Crippen LogP contribution in [-0.2, 0) is 19.3 Å². The lowest BCUT2D eigenvalue weighted by Gasteiger charge is -2.32. The van der Waals surface area contributed by atoms with E-state index in [0.29, 0.717) is 0 Å². The van der Waals surface area contributed by atoms with Crippen molar-refractivity contribution < 1.29 is 22.1 Å². The molecule has 138 valence electrons. The second-order valence-corrected chi connectivity index (χ2v) is 8.96. The average Bonchev–Trinajstić information content (AvgIpc) is 2.75. The summed E-state index contributed by atoms with van der Waals surface area (Å²) in [4.78, 5) is 0.0713. The van der Waals surface area contributed by atoms with Crippen LogP contribution in [0.5, 0.6) is 0 Å². The number of hydrogen-bond acceptors (Lipinski definition) is 4. The fraction of sp³-hybridized carbons (Fsp3) is 0.333. The molecule has 1 aliphatic rings. The molecule has 2 aromatic rings. The van der Waals surface area contributed by atoms with Crippen molar-refractivity contribution in [2.45, 2.75) is 43.8 Å². The summed E-state index contributed by atoms with van der Waals surface area (Å²) < 4.78 is 52.4. The van der Waals surface area contributed by atoms with Gasteiger partial charge in [0.05, 0.1) is 21.8 Å². The lowest BCUT2D eigenvalue weighted by molar-refractivity contribution is 0.00578. The maximum atomic E-state index is 13.2. The van der Waals surface area contributed by atoms with Crippen LogP contribution in [0.4, 0.5) is 10.1 Å². The molecule has 2 aromatic carbocycles. The van der Waals surface area contributed by atoms with E-state index in [9.17, 15) is 12.8 Å². The van der Waals surface area contributed by atoms with Crippen LogP contribution in [0, 0.1) is 5.82 Å². The van der Waals surface area contributed by atoms with Crippen molar-refractivity contribution in [2.75, 3.05) is 4.72 Å². The topological polar surface area (TPSA) is 64.6 Å². The Balaban J connectivity index is 1.79. The minimum Gasteiger partial charge on any atom is -0.399 e. The molecule has 0 unspecified atom stereocenters. The molecule has 1 fully saturated rings. The highest BCUT2D eigenvalue weighted by Gasteiger charge is 2.51. The number of hydrogen-bond donors (Lipinski definition) is 1. The summed E-state index contributed by atoms with van der Waals surface area (Å²) in [5.74, 6) is -0.513. The largest absolute Gasteiger partial charge is 0.494 e. The van der Waals surface area contributed by atoms with Crippen molar-refractivity contribution in [3.8, 4) is 0 Å². The second-order valence-electron chi connectivity index (χ2n) is 7.27. The summed E-state index contributed by atoms with van der Waals surface area (Å²) in [5.41, 5.74) is -0.0451. The highest BCUT2D eigenvalue weighted by Crippen LogP contribution is 2.36. The molecule has 1 aliphatic heterocycles. The monoisotopic (exact) mass is 377 g/mol. The first-order valence-electron chi connectivity index (χ1n) is 8.24. The number of anilines is 1. The molecule has 3 rings (SSSR count). The van der Waals surface area contributed by atoms with Gasteiger partial charge in [0.25, 0.3) is 10.0 Å². The molecule has 1 N–H and O–H groups in total. The van der Waals surface area contributed by atoms with Gasteiger partial charge in [-0.3, -0.25) is 4.72 Å².